The van der Waals surface area contributed by atoms with Gasteiger partial charge in [-0.15, -0.1) is 0 Å². The van der Waals surface area contributed by atoms with Gasteiger partial charge in [0.2, 0.25) is 5.91 Å². The van der Waals surface area contributed by atoms with Crippen LogP contribution in [-0.2, 0) is 14.3 Å². The van der Waals surface area contributed by atoms with Gasteiger partial charge in [-0.3, -0.25) is 4.79 Å². The summed E-state index contributed by atoms with van der Waals surface area (Å²) in [5.74, 6) is -0.668. The molecule has 0 fully saturated rings. The van der Waals surface area contributed by atoms with Crippen molar-refractivity contribution >= 4 is 11.9 Å². The second kappa shape index (κ2) is 7.27. The fourth-order valence-corrected chi connectivity index (χ4v) is 1.26. The lowest BCUT2D eigenvalue weighted by atomic mass is 9.90. The number of amides is 1. The number of methoxy groups -OCH3 is 1. The Morgan fingerprint density at radius 3 is 2.35 bits per heavy atom. The molecule has 2 N–H and O–H groups in total. The Bertz CT molecular complexity index is 264. The van der Waals surface area contributed by atoms with Crippen LogP contribution < -0.4 is 10.6 Å². The molecule has 0 radical (unpaired) electrons. The van der Waals surface area contributed by atoms with Crippen LogP contribution in [0.4, 0.5) is 0 Å². The molecular weight excluding hydrogens is 220 g/mol. The van der Waals surface area contributed by atoms with E-state index in [0.717, 1.165) is 13.0 Å². The first kappa shape index (κ1) is 15.9. The minimum absolute atomic E-state index is 0.177. The zero-order chi connectivity index (χ0) is 13.5. The summed E-state index contributed by atoms with van der Waals surface area (Å²) in [6.07, 6.45) is 1.04. The van der Waals surface area contributed by atoms with Crippen molar-refractivity contribution in [3.05, 3.63) is 0 Å². The van der Waals surface area contributed by atoms with Gasteiger partial charge in [-0.25, -0.2) is 4.79 Å². The maximum absolute atomic E-state index is 11.4. The number of carbonyl (C=O) groups is 2. The molecule has 0 aromatic heterocycles. The second-order valence-electron chi connectivity index (χ2n) is 4.92. The minimum Gasteiger partial charge on any atom is -0.467 e. The molecule has 0 aliphatic rings. The number of carbonyl (C=O) groups excluding carboxylic acids is 2. The van der Waals surface area contributed by atoms with Crippen LogP contribution in [0.3, 0.4) is 0 Å². The van der Waals surface area contributed by atoms with Crippen molar-refractivity contribution in [2.24, 2.45) is 5.41 Å². The Morgan fingerprint density at radius 2 is 1.94 bits per heavy atom. The van der Waals surface area contributed by atoms with Crippen molar-refractivity contribution in [1.82, 2.24) is 10.6 Å². The zero-order valence-corrected chi connectivity index (χ0v) is 11.4. The molecule has 0 aromatic carbocycles. The lowest BCUT2D eigenvalue weighted by Gasteiger charge is -2.24. The number of hydrogen-bond donors (Lipinski definition) is 2. The topological polar surface area (TPSA) is 67.4 Å². The van der Waals surface area contributed by atoms with Crippen molar-refractivity contribution in [1.29, 1.82) is 0 Å². The van der Waals surface area contributed by atoms with Crippen molar-refractivity contribution < 1.29 is 14.3 Å². The van der Waals surface area contributed by atoms with E-state index in [4.69, 9.17) is 0 Å². The summed E-state index contributed by atoms with van der Waals surface area (Å²) in [6, 6.07) is -0.620. The quantitative estimate of drug-likeness (QED) is 0.647. The number of hydrogen-bond acceptors (Lipinski definition) is 4. The SMILES string of the molecule is CCC(C)(C)CNCC(NC(C)=O)C(=O)OC. The summed E-state index contributed by atoms with van der Waals surface area (Å²) in [6.45, 7) is 8.96. The molecule has 0 saturated heterocycles. The van der Waals surface area contributed by atoms with E-state index in [1.807, 2.05) is 0 Å². The molecule has 0 aromatic rings. The molecular formula is C12H24N2O3. The molecule has 5 nitrogen and oxygen atoms in total. The highest BCUT2D eigenvalue weighted by atomic mass is 16.5. The first-order valence-electron chi connectivity index (χ1n) is 5.88. The fraction of sp³-hybridized carbons (Fsp3) is 0.833. The van der Waals surface area contributed by atoms with Crippen LogP contribution in [0.2, 0.25) is 0 Å². The average molecular weight is 244 g/mol. The second-order valence-corrected chi connectivity index (χ2v) is 4.92. The van der Waals surface area contributed by atoms with E-state index < -0.39 is 12.0 Å². The highest BCUT2D eigenvalue weighted by Crippen LogP contribution is 2.17. The van der Waals surface area contributed by atoms with Gasteiger partial charge >= 0.3 is 5.97 Å². The van der Waals surface area contributed by atoms with E-state index >= 15 is 0 Å². The summed E-state index contributed by atoms with van der Waals surface area (Å²) >= 11 is 0. The molecule has 1 atom stereocenters. The van der Waals surface area contributed by atoms with Gasteiger partial charge in [-0.2, -0.15) is 0 Å². The van der Waals surface area contributed by atoms with Gasteiger partial charge in [0.1, 0.15) is 6.04 Å². The standard InChI is InChI=1S/C12H24N2O3/c1-6-12(3,4)8-13-7-10(11(16)17-5)14-9(2)15/h10,13H,6-8H2,1-5H3,(H,14,15). The van der Waals surface area contributed by atoms with Gasteiger partial charge in [-0.1, -0.05) is 20.8 Å². The van der Waals surface area contributed by atoms with E-state index in [0.29, 0.717) is 6.54 Å². The fourth-order valence-electron chi connectivity index (χ4n) is 1.26. The average Bonchev–Trinajstić information content (AvgIpc) is 2.26. The molecule has 17 heavy (non-hydrogen) atoms. The van der Waals surface area contributed by atoms with Crippen molar-refractivity contribution in [2.75, 3.05) is 20.2 Å². The minimum atomic E-state index is -0.620. The van der Waals surface area contributed by atoms with E-state index in [-0.39, 0.29) is 11.3 Å². The summed E-state index contributed by atoms with van der Waals surface area (Å²) < 4.78 is 4.63. The van der Waals surface area contributed by atoms with Crippen LogP contribution in [0.1, 0.15) is 34.1 Å². The van der Waals surface area contributed by atoms with Gasteiger partial charge < -0.3 is 15.4 Å². The summed E-state index contributed by atoms with van der Waals surface area (Å²) in [5.41, 5.74) is 0.177. The Balaban J connectivity index is 4.17. The molecule has 1 amide bonds. The van der Waals surface area contributed by atoms with E-state index in [1.54, 1.807) is 0 Å². The largest absolute Gasteiger partial charge is 0.467 e. The Hall–Kier alpha value is -1.10. The Morgan fingerprint density at radius 1 is 1.35 bits per heavy atom. The maximum atomic E-state index is 11.4. The molecule has 0 aliphatic heterocycles. The third-order valence-corrected chi connectivity index (χ3v) is 2.77. The number of rotatable bonds is 7. The molecule has 100 valence electrons. The first-order valence-corrected chi connectivity index (χ1v) is 5.88. The van der Waals surface area contributed by atoms with Crippen LogP contribution in [0.15, 0.2) is 0 Å². The van der Waals surface area contributed by atoms with Crippen LogP contribution in [0.25, 0.3) is 0 Å². The van der Waals surface area contributed by atoms with Gasteiger partial charge in [0.15, 0.2) is 0 Å². The Kier molecular flexibility index (Phi) is 6.80. The molecule has 0 aliphatic carbocycles. The number of esters is 1. The smallest absolute Gasteiger partial charge is 0.329 e. The third kappa shape index (κ3) is 6.94. The normalized spacial score (nSPS) is 13.0. The molecule has 1 unspecified atom stereocenters. The summed E-state index contributed by atoms with van der Waals surface area (Å²) in [7, 11) is 1.31. The molecule has 0 heterocycles. The van der Waals surface area contributed by atoms with Crippen LogP contribution in [-0.4, -0.2) is 38.1 Å². The summed E-state index contributed by atoms with van der Waals surface area (Å²) in [5, 5.41) is 5.74. The van der Waals surface area contributed by atoms with Gasteiger partial charge in [-0.05, 0) is 11.8 Å². The third-order valence-electron chi connectivity index (χ3n) is 2.77. The van der Waals surface area contributed by atoms with Crippen LogP contribution in [0.5, 0.6) is 0 Å². The van der Waals surface area contributed by atoms with Crippen molar-refractivity contribution in [2.45, 2.75) is 40.2 Å². The molecule has 0 rings (SSSR count). The maximum Gasteiger partial charge on any atom is 0.329 e. The predicted molar refractivity (Wildman–Crippen MR) is 66.6 cm³/mol. The van der Waals surface area contributed by atoms with Gasteiger partial charge in [0.25, 0.3) is 0 Å². The predicted octanol–water partition coefficient (Wildman–Crippen LogP) is 0.690. The first-order chi connectivity index (χ1) is 7.82. The highest BCUT2D eigenvalue weighted by molar-refractivity contribution is 5.83. The summed E-state index contributed by atoms with van der Waals surface area (Å²) in [4.78, 5) is 22.3. The van der Waals surface area contributed by atoms with E-state index in [9.17, 15) is 9.59 Å². The molecule has 0 spiro atoms. The Labute approximate surface area is 103 Å². The van der Waals surface area contributed by atoms with E-state index in [2.05, 4.69) is 36.1 Å². The van der Waals surface area contributed by atoms with E-state index in [1.165, 1.54) is 14.0 Å². The molecule has 5 heteroatoms. The highest BCUT2D eigenvalue weighted by Gasteiger charge is 2.21. The van der Waals surface area contributed by atoms with Crippen LogP contribution in [0, 0.1) is 5.41 Å². The van der Waals surface area contributed by atoms with Gasteiger partial charge in [0, 0.05) is 20.0 Å². The van der Waals surface area contributed by atoms with Crippen LogP contribution >= 0.6 is 0 Å². The lowest BCUT2D eigenvalue weighted by molar-refractivity contribution is -0.144. The number of ether oxygens (including phenoxy) is 1. The lowest BCUT2D eigenvalue weighted by Crippen LogP contribution is -2.48. The molecule has 0 saturated carbocycles. The van der Waals surface area contributed by atoms with Gasteiger partial charge in [0.05, 0.1) is 7.11 Å². The van der Waals surface area contributed by atoms with Crippen molar-refractivity contribution in [3.8, 4) is 0 Å². The monoisotopic (exact) mass is 244 g/mol. The number of nitrogens with one attached hydrogen (secondary N) is 2. The molecule has 0 bridgehead atoms. The zero-order valence-electron chi connectivity index (χ0n) is 11.4. The van der Waals surface area contributed by atoms with Crippen molar-refractivity contribution in [3.63, 3.8) is 0 Å².